The topological polar surface area (TPSA) is 29.5 Å². The van der Waals surface area contributed by atoms with Crippen LogP contribution in [0.2, 0.25) is 0 Å². The van der Waals surface area contributed by atoms with Crippen molar-refractivity contribution in [3.8, 4) is 11.1 Å². The van der Waals surface area contributed by atoms with Crippen LogP contribution in [0.1, 0.15) is 52.0 Å². The summed E-state index contributed by atoms with van der Waals surface area (Å²) < 4.78 is 7.42. The zero-order valence-electron chi connectivity index (χ0n) is 17.4. The maximum absolute atomic E-state index is 11.4. The summed E-state index contributed by atoms with van der Waals surface area (Å²) in [5.74, 6) is -0.103. The van der Waals surface area contributed by atoms with Gasteiger partial charge in [0, 0.05) is 24.4 Å². The molecule has 2 aromatic carbocycles. The second-order valence-electron chi connectivity index (χ2n) is 6.90. The monoisotopic (exact) mass is 399 g/mol. The highest BCUT2D eigenvalue weighted by molar-refractivity contribution is 7.97. The normalized spacial score (nSPS) is 11.0. The Morgan fingerprint density at radius 2 is 1.46 bits per heavy atom. The summed E-state index contributed by atoms with van der Waals surface area (Å²) in [5.41, 5.74) is 3.72. The minimum atomic E-state index is -0.103. The molecule has 0 bridgehead atoms. The summed E-state index contributed by atoms with van der Waals surface area (Å²) in [6, 6.07) is 17.5. The second-order valence-corrected chi connectivity index (χ2v) is 8.07. The molecule has 0 saturated heterocycles. The fourth-order valence-electron chi connectivity index (χ4n) is 3.09. The fourth-order valence-corrected chi connectivity index (χ4v) is 4.20. The molecule has 0 fully saturated rings. The Morgan fingerprint density at radius 1 is 0.893 bits per heavy atom. The van der Waals surface area contributed by atoms with E-state index in [0.29, 0.717) is 13.0 Å². The average molecular weight is 400 g/mol. The molecule has 0 aromatic heterocycles. The highest BCUT2D eigenvalue weighted by Crippen LogP contribution is 2.27. The molecule has 0 amide bonds. The molecule has 0 aliphatic rings. The Labute approximate surface area is 174 Å². The SMILES string of the molecule is CCCN(CCC)Sc1ccc(-c2ccc(CCCC(=O)OCC)cc2)cc1. The number of rotatable bonds is 12. The number of aryl methyl sites for hydroxylation is 1. The van der Waals surface area contributed by atoms with E-state index < -0.39 is 0 Å². The molecule has 0 N–H and O–H groups in total. The first kappa shape index (κ1) is 22.5. The summed E-state index contributed by atoms with van der Waals surface area (Å²) in [7, 11) is 0. The minimum absolute atomic E-state index is 0.103. The molecule has 3 nitrogen and oxygen atoms in total. The van der Waals surface area contributed by atoms with Gasteiger partial charge in [0.2, 0.25) is 0 Å². The molecule has 0 unspecified atom stereocenters. The van der Waals surface area contributed by atoms with E-state index in [1.165, 1.54) is 34.4 Å². The van der Waals surface area contributed by atoms with Gasteiger partial charge in [0.15, 0.2) is 0 Å². The Bertz CT molecular complexity index is 692. The second kappa shape index (κ2) is 12.6. The Kier molecular flexibility index (Phi) is 10.2. The third-order valence-electron chi connectivity index (χ3n) is 4.47. The van der Waals surface area contributed by atoms with Crippen LogP contribution in [0.5, 0.6) is 0 Å². The molecule has 0 radical (unpaired) electrons. The quantitative estimate of drug-likeness (QED) is 0.306. The first-order valence-electron chi connectivity index (χ1n) is 10.4. The zero-order chi connectivity index (χ0) is 20.2. The van der Waals surface area contributed by atoms with Gasteiger partial charge in [-0.25, -0.2) is 4.31 Å². The van der Waals surface area contributed by atoms with Gasteiger partial charge < -0.3 is 4.74 Å². The molecule has 28 heavy (non-hydrogen) atoms. The number of hydrogen-bond acceptors (Lipinski definition) is 4. The lowest BCUT2D eigenvalue weighted by atomic mass is 10.0. The number of carbonyl (C=O) groups excluding carboxylic acids is 1. The van der Waals surface area contributed by atoms with Crippen molar-refractivity contribution in [3.05, 3.63) is 54.1 Å². The van der Waals surface area contributed by atoms with E-state index in [9.17, 15) is 4.79 Å². The van der Waals surface area contributed by atoms with Gasteiger partial charge in [-0.15, -0.1) is 0 Å². The van der Waals surface area contributed by atoms with Gasteiger partial charge in [0.05, 0.1) is 6.61 Å². The van der Waals surface area contributed by atoms with Crippen LogP contribution in [0.3, 0.4) is 0 Å². The fraction of sp³-hybridized carbons (Fsp3) is 0.458. The summed E-state index contributed by atoms with van der Waals surface area (Å²) in [4.78, 5) is 12.7. The van der Waals surface area contributed by atoms with Crippen LogP contribution in [0, 0.1) is 0 Å². The lowest BCUT2D eigenvalue weighted by molar-refractivity contribution is -0.143. The van der Waals surface area contributed by atoms with Crippen LogP contribution >= 0.6 is 11.9 Å². The highest BCUT2D eigenvalue weighted by Gasteiger charge is 2.06. The van der Waals surface area contributed by atoms with Crippen molar-refractivity contribution in [3.63, 3.8) is 0 Å². The van der Waals surface area contributed by atoms with E-state index in [4.69, 9.17) is 4.74 Å². The zero-order valence-corrected chi connectivity index (χ0v) is 18.3. The van der Waals surface area contributed by atoms with E-state index >= 15 is 0 Å². The molecule has 0 heterocycles. The van der Waals surface area contributed by atoms with Gasteiger partial charge >= 0.3 is 5.97 Å². The van der Waals surface area contributed by atoms with E-state index in [-0.39, 0.29) is 5.97 Å². The van der Waals surface area contributed by atoms with Crippen molar-refractivity contribution in [1.82, 2.24) is 4.31 Å². The van der Waals surface area contributed by atoms with Crippen molar-refractivity contribution < 1.29 is 9.53 Å². The summed E-state index contributed by atoms with van der Waals surface area (Å²) in [5, 5.41) is 0. The summed E-state index contributed by atoms with van der Waals surface area (Å²) in [6.07, 6.45) is 4.58. The predicted molar refractivity (Wildman–Crippen MR) is 119 cm³/mol. The van der Waals surface area contributed by atoms with Crippen LogP contribution in [0.15, 0.2) is 53.4 Å². The smallest absolute Gasteiger partial charge is 0.305 e. The van der Waals surface area contributed by atoms with Crippen LogP contribution in [-0.4, -0.2) is 30.0 Å². The number of hydrogen-bond donors (Lipinski definition) is 0. The largest absolute Gasteiger partial charge is 0.466 e. The molecular weight excluding hydrogens is 366 g/mol. The Hall–Kier alpha value is -1.78. The van der Waals surface area contributed by atoms with Crippen LogP contribution in [0.25, 0.3) is 11.1 Å². The van der Waals surface area contributed by atoms with Gasteiger partial charge in [-0.3, -0.25) is 4.79 Å². The van der Waals surface area contributed by atoms with E-state index in [1.807, 2.05) is 18.9 Å². The Morgan fingerprint density at radius 3 is 2.00 bits per heavy atom. The first-order chi connectivity index (χ1) is 13.7. The summed E-state index contributed by atoms with van der Waals surface area (Å²) in [6.45, 7) is 9.00. The molecule has 0 spiro atoms. The number of nitrogens with zero attached hydrogens (tertiary/aromatic N) is 1. The molecule has 4 heteroatoms. The summed E-state index contributed by atoms with van der Waals surface area (Å²) >= 11 is 1.85. The number of esters is 1. The number of ether oxygens (including phenoxy) is 1. The third kappa shape index (κ3) is 7.69. The standard InChI is InChI=1S/C24H33NO2S/c1-4-18-25(19-5-2)28-23-16-14-22(15-17-23)21-12-10-20(11-13-21)8-7-9-24(26)27-6-3/h10-17H,4-9,18-19H2,1-3H3. The van der Waals surface area contributed by atoms with E-state index in [0.717, 1.165) is 25.9 Å². The molecule has 2 rings (SSSR count). The molecule has 0 aliphatic heterocycles. The van der Waals surface area contributed by atoms with Crippen molar-refractivity contribution in [1.29, 1.82) is 0 Å². The van der Waals surface area contributed by atoms with Gasteiger partial charge in [0.1, 0.15) is 0 Å². The van der Waals surface area contributed by atoms with E-state index in [2.05, 4.69) is 66.7 Å². The van der Waals surface area contributed by atoms with Gasteiger partial charge in [-0.2, -0.15) is 0 Å². The first-order valence-corrected chi connectivity index (χ1v) is 11.2. The molecule has 0 saturated carbocycles. The lowest BCUT2D eigenvalue weighted by Gasteiger charge is -2.19. The molecule has 2 aromatic rings. The predicted octanol–water partition coefficient (Wildman–Crippen LogP) is 6.37. The van der Waals surface area contributed by atoms with Gasteiger partial charge in [0.25, 0.3) is 0 Å². The van der Waals surface area contributed by atoms with Crippen molar-refractivity contribution in [2.45, 2.75) is 57.8 Å². The van der Waals surface area contributed by atoms with Gasteiger partial charge in [-0.05, 0) is 73.4 Å². The van der Waals surface area contributed by atoms with E-state index in [1.54, 1.807) is 0 Å². The molecular formula is C24H33NO2S. The Balaban J connectivity index is 1.90. The van der Waals surface area contributed by atoms with Crippen LogP contribution in [0.4, 0.5) is 0 Å². The van der Waals surface area contributed by atoms with Gasteiger partial charge in [-0.1, -0.05) is 50.2 Å². The molecule has 0 atom stereocenters. The maximum Gasteiger partial charge on any atom is 0.305 e. The minimum Gasteiger partial charge on any atom is -0.466 e. The van der Waals surface area contributed by atoms with Crippen molar-refractivity contribution in [2.24, 2.45) is 0 Å². The van der Waals surface area contributed by atoms with Crippen molar-refractivity contribution >= 4 is 17.9 Å². The third-order valence-corrected chi connectivity index (χ3v) is 5.58. The molecule has 0 aliphatic carbocycles. The molecule has 152 valence electrons. The van der Waals surface area contributed by atoms with Crippen LogP contribution < -0.4 is 0 Å². The van der Waals surface area contributed by atoms with Crippen LogP contribution in [-0.2, 0) is 16.0 Å². The van der Waals surface area contributed by atoms with Crippen molar-refractivity contribution in [2.75, 3.05) is 19.7 Å². The number of benzene rings is 2. The maximum atomic E-state index is 11.4. The lowest BCUT2D eigenvalue weighted by Crippen LogP contribution is -2.17. The average Bonchev–Trinajstić information content (AvgIpc) is 2.70. The highest BCUT2D eigenvalue weighted by atomic mass is 32.2. The number of carbonyl (C=O) groups is 1.